The third-order valence-corrected chi connectivity index (χ3v) is 3.26. The van der Waals surface area contributed by atoms with E-state index in [0.29, 0.717) is 25.1 Å². The number of methoxy groups -OCH3 is 1. The van der Waals surface area contributed by atoms with Crippen molar-refractivity contribution in [2.24, 2.45) is 0 Å². The van der Waals surface area contributed by atoms with Crippen LogP contribution in [0.5, 0.6) is 17.2 Å². The van der Waals surface area contributed by atoms with Crippen molar-refractivity contribution in [3.63, 3.8) is 0 Å². The molecular weight excluding hydrogens is 332 g/mol. The average molecular weight is 351 g/mol. The molecule has 5 nitrogen and oxygen atoms in total. The lowest BCUT2D eigenvalue weighted by Crippen LogP contribution is -2.25. The van der Waals surface area contributed by atoms with Crippen LogP contribution in [0, 0.1) is 0 Å². The zero-order valence-corrected chi connectivity index (χ0v) is 13.7. The smallest absolute Gasteiger partial charge is 0.387 e. The number of hydrogen-bond acceptors (Lipinski definition) is 4. The van der Waals surface area contributed by atoms with E-state index < -0.39 is 6.61 Å². The van der Waals surface area contributed by atoms with Crippen molar-refractivity contribution < 1.29 is 27.8 Å². The van der Waals surface area contributed by atoms with Crippen LogP contribution >= 0.6 is 0 Å². The highest BCUT2D eigenvalue weighted by Gasteiger charge is 2.13. The Bertz CT molecular complexity index is 680. The van der Waals surface area contributed by atoms with Crippen molar-refractivity contribution in [3.8, 4) is 17.2 Å². The molecule has 0 aliphatic rings. The minimum absolute atomic E-state index is 0.0698. The van der Waals surface area contributed by atoms with E-state index in [0.717, 1.165) is 5.75 Å². The van der Waals surface area contributed by atoms with Crippen LogP contribution in [0.15, 0.2) is 48.5 Å². The molecule has 0 saturated heterocycles. The summed E-state index contributed by atoms with van der Waals surface area (Å²) in [5, 5.41) is 2.73. The van der Waals surface area contributed by atoms with E-state index in [4.69, 9.17) is 9.47 Å². The molecule has 0 aliphatic carbocycles. The van der Waals surface area contributed by atoms with Crippen molar-refractivity contribution in [2.75, 3.05) is 20.3 Å². The minimum Gasteiger partial charge on any atom is -0.494 e. The first kappa shape index (κ1) is 18.5. The molecule has 7 heteroatoms. The van der Waals surface area contributed by atoms with E-state index >= 15 is 0 Å². The number of carbonyl (C=O) groups is 1. The van der Waals surface area contributed by atoms with Gasteiger partial charge in [0.1, 0.15) is 5.75 Å². The van der Waals surface area contributed by atoms with Gasteiger partial charge in [0.15, 0.2) is 11.5 Å². The summed E-state index contributed by atoms with van der Waals surface area (Å²) in [6, 6.07) is 13.4. The summed E-state index contributed by atoms with van der Waals surface area (Å²) >= 11 is 0. The maximum Gasteiger partial charge on any atom is 0.387 e. The lowest BCUT2D eigenvalue weighted by Gasteiger charge is -2.11. The topological polar surface area (TPSA) is 56.8 Å². The van der Waals surface area contributed by atoms with Gasteiger partial charge in [-0.15, -0.1) is 0 Å². The van der Waals surface area contributed by atoms with Crippen molar-refractivity contribution in [3.05, 3.63) is 54.1 Å². The number of para-hydroxylation sites is 1. The summed E-state index contributed by atoms with van der Waals surface area (Å²) < 4.78 is 39.4. The number of alkyl halides is 2. The van der Waals surface area contributed by atoms with Crippen LogP contribution in [0.2, 0.25) is 0 Å². The molecule has 2 rings (SSSR count). The number of rotatable bonds is 9. The monoisotopic (exact) mass is 351 g/mol. The molecule has 0 aromatic heterocycles. The zero-order chi connectivity index (χ0) is 18.1. The highest BCUT2D eigenvalue weighted by Crippen LogP contribution is 2.29. The summed E-state index contributed by atoms with van der Waals surface area (Å²) in [4.78, 5) is 12.1. The number of benzene rings is 2. The molecule has 2 aromatic rings. The Labute approximate surface area is 144 Å². The van der Waals surface area contributed by atoms with E-state index in [9.17, 15) is 13.6 Å². The van der Waals surface area contributed by atoms with Crippen LogP contribution in [-0.4, -0.2) is 32.8 Å². The fourth-order valence-electron chi connectivity index (χ4n) is 2.09. The fourth-order valence-corrected chi connectivity index (χ4v) is 2.09. The molecule has 0 spiro atoms. The lowest BCUT2D eigenvalue weighted by molar-refractivity contribution is -0.0512. The number of amides is 1. The van der Waals surface area contributed by atoms with Crippen LogP contribution < -0.4 is 19.5 Å². The second-order valence-electron chi connectivity index (χ2n) is 5.02. The Morgan fingerprint density at radius 2 is 1.88 bits per heavy atom. The molecule has 0 aliphatic heterocycles. The van der Waals surface area contributed by atoms with E-state index in [1.165, 1.54) is 25.3 Å². The van der Waals surface area contributed by atoms with Crippen molar-refractivity contribution in [2.45, 2.75) is 13.0 Å². The predicted octanol–water partition coefficient (Wildman–Crippen LogP) is 3.50. The Balaban J connectivity index is 1.80. The second kappa shape index (κ2) is 9.46. The van der Waals surface area contributed by atoms with Crippen LogP contribution in [0.25, 0.3) is 0 Å². The maximum absolute atomic E-state index is 12.3. The quantitative estimate of drug-likeness (QED) is 0.703. The fraction of sp³-hybridized carbons (Fsp3) is 0.278. The van der Waals surface area contributed by atoms with Crippen molar-refractivity contribution in [1.29, 1.82) is 0 Å². The van der Waals surface area contributed by atoms with Gasteiger partial charge in [-0.25, -0.2) is 0 Å². The second-order valence-corrected chi connectivity index (χ2v) is 5.02. The van der Waals surface area contributed by atoms with E-state index in [1.807, 2.05) is 30.3 Å². The van der Waals surface area contributed by atoms with Crippen LogP contribution in [-0.2, 0) is 0 Å². The van der Waals surface area contributed by atoms with Gasteiger partial charge in [-0.2, -0.15) is 8.78 Å². The van der Waals surface area contributed by atoms with Gasteiger partial charge in [0.25, 0.3) is 5.91 Å². The third-order valence-electron chi connectivity index (χ3n) is 3.26. The molecule has 134 valence electrons. The highest BCUT2D eigenvalue weighted by molar-refractivity contribution is 5.94. The Kier molecular flexibility index (Phi) is 7.00. The average Bonchev–Trinajstić information content (AvgIpc) is 2.62. The molecule has 0 fully saturated rings. The number of ether oxygens (including phenoxy) is 3. The third kappa shape index (κ3) is 5.95. The molecule has 1 amide bonds. The molecule has 0 radical (unpaired) electrons. The molecule has 25 heavy (non-hydrogen) atoms. The lowest BCUT2D eigenvalue weighted by atomic mass is 10.2. The Morgan fingerprint density at radius 3 is 2.56 bits per heavy atom. The zero-order valence-electron chi connectivity index (χ0n) is 13.7. The van der Waals surface area contributed by atoms with Crippen LogP contribution in [0.1, 0.15) is 16.8 Å². The Morgan fingerprint density at radius 1 is 1.12 bits per heavy atom. The summed E-state index contributed by atoms with van der Waals surface area (Å²) in [5.41, 5.74) is 0.294. The summed E-state index contributed by atoms with van der Waals surface area (Å²) in [7, 11) is 1.32. The number of nitrogens with one attached hydrogen (secondary N) is 1. The van der Waals surface area contributed by atoms with Crippen LogP contribution in [0.4, 0.5) is 8.78 Å². The summed E-state index contributed by atoms with van der Waals surface area (Å²) in [5.74, 6) is 0.389. The normalized spacial score (nSPS) is 10.4. The number of hydrogen-bond donors (Lipinski definition) is 1. The summed E-state index contributed by atoms with van der Waals surface area (Å²) in [6.07, 6.45) is 0.629. The van der Waals surface area contributed by atoms with Gasteiger partial charge in [-0.05, 0) is 36.8 Å². The Hall–Kier alpha value is -2.83. The van der Waals surface area contributed by atoms with Gasteiger partial charge in [-0.3, -0.25) is 4.79 Å². The molecule has 0 heterocycles. The van der Waals surface area contributed by atoms with E-state index in [-0.39, 0.29) is 17.4 Å². The van der Waals surface area contributed by atoms with Gasteiger partial charge < -0.3 is 19.5 Å². The first-order chi connectivity index (χ1) is 12.1. The molecule has 2 aromatic carbocycles. The van der Waals surface area contributed by atoms with Gasteiger partial charge >= 0.3 is 6.61 Å². The van der Waals surface area contributed by atoms with Gasteiger partial charge in [-0.1, -0.05) is 18.2 Å². The molecule has 1 N–H and O–H groups in total. The molecule has 0 atom stereocenters. The first-order valence-electron chi connectivity index (χ1n) is 7.69. The van der Waals surface area contributed by atoms with E-state index in [2.05, 4.69) is 10.1 Å². The maximum atomic E-state index is 12.3. The minimum atomic E-state index is -2.96. The number of carbonyl (C=O) groups excluding carboxylic acids is 1. The molecule has 0 unspecified atom stereocenters. The van der Waals surface area contributed by atoms with Gasteiger partial charge in [0.2, 0.25) is 0 Å². The molecular formula is C18H19F2NO4. The summed E-state index contributed by atoms with van der Waals surface area (Å²) in [6.45, 7) is -2.07. The molecule has 0 saturated carbocycles. The highest BCUT2D eigenvalue weighted by atomic mass is 19.3. The predicted molar refractivity (Wildman–Crippen MR) is 88.5 cm³/mol. The number of halogens is 2. The first-order valence-corrected chi connectivity index (χ1v) is 7.69. The largest absolute Gasteiger partial charge is 0.494 e. The molecule has 0 bridgehead atoms. The van der Waals surface area contributed by atoms with Crippen LogP contribution in [0.3, 0.4) is 0 Å². The van der Waals surface area contributed by atoms with Crippen molar-refractivity contribution >= 4 is 5.91 Å². The van der Waals surface area contributed by atoms with Crippen molar-refractivity contribution in [1.82, 2.24) is 5.32 Å². The SMILES string of the molecule is COc1cc(C(=O)NCCCOc2ccccc2)ccc1OC(F)F. The standard InChI is InChI=1S/C18H19F2NO4/c1-23-16-12-13(8-9-15(16)25-18(19)20)17(22)21-10-5-11-24-14-6-3-2-4-7-14/h2-4,6-9,12,18H,5,10-11H2,1H3,(H,21,22). The van der Waals surface area contributed by atoms with E-state index in [1.54, 1.807) is 0 Å². The van der Waals surface area contributed by atoms with Gasteiger partial charge in [0.05, 0.1) is 13.7 Å². The van der Waals surface area contributed by atoms with Gasteiger partial charge in [0, 0.05) is 12.1 Å².